The number of carbonyl (C=O) groups excluding carboxylic acids is 1. The summed E-state index contributed by atoms with van der Waals surface area (Å²) in [6.07, 6.45) is 5.65. The van der Waals surface area contributed by atoms with Crippen LogP contribution in [0.15, 0.2) is 0 Å². The van der Waals surface area contributed by atoms with E-state index < -0.39 is 0 Å². The van der Waals surface area contributed by atoms with Crippen molar-refractivity contribution in [3.63, 3.8) is 0 Å². The highest BCUT2D eigenvalue weighted by Crippen LogP contribution is 2.30. The van der Waals surface area contributed by atoms with Crippen molar-refractivity contribution in [2.75, 3.05) is 26.3 Å². The van der Waals surface area contributed by atoms with Gasteiger partial charge >= 0.3 is 0 Å². The zero-order chi connectivity index (χ0) is 11.7. The summed E-state index contributed by atoms with van der Waals surface area (Å²) < 4.78 is 11.3. The molecule has 3 fully saturated rings. The van der Waals surface area contributed by atoms with Gasteiger partial charge in [-0.2, -0.15) is 0 Å². The quantitative estimate of drug-likeness (QED) is 0.740. The summed E-state index contributed by atoms with van der Waals surface area (Å²) in [7, 11) is 0. The number of nitrogens with zero attached hydrogens (tertiary/aromatic N) is 1. The van der Waals surface area contributed by atoms with Crippen LogP contribution in [0.3, 0.4) is 0 Å². The van der Waals surface area contributed by atoms with Gasteiger partial charge in [-0.05, 0) is 38.0 Å². The fraction of sp³-hybridized carbons (Fsp3) is 0.923. The van der Waals surface area contributed by atoms with Gasteiger partial charge < -0.3 is 14.4 Å². The molecule has 2 heterocycles. The Bertz CT molecular complexity index is 284. The maximum atomic E-state index is 12.1. The molecule has 4 heteroatoms. The Labute approximate surface area is 102 Å². The van der Waals surface area contributed by atoms with Crippen molar-refractivity contribution in [3.8, 4) is 0 Å². The first-order chi connectivity index (χ1) is 8.33. The second-order valence-corrected chi connectivity index (χ2v) is 5.47. The van der Waals surface area contributed by atoms with Crippen LogP contribution in [-0.2, 0) is 14.3 Å². The van der Waals surface area contributed by atoms with Crippen LogP contribution < -0.4 is 0 Å². The van der Waals surface area contributed by atoms with Gasteiger partial charge in [0.15, 0.2) is 0 Å². The average Bonchev–Trinajstić information content (AvgIpc) is 2.86. The lowest BCUT2D eigenvalue weighted by molar-refractivity contribution is -0.140. The summed E-state index contributed by atoms with van der Waals surface area (Å²) in [5.41, 5.74) is 0. The number of hydrogen-bond donors (Lipinski definition) is 0. The lowest BCUT2D eigenvalue weighted by Crippen LogP contribution is -2.38. The molecule has 1 saturated carbocycles. The fourth-order valence-electron chi connectivity index (χ4n) is 2.60. The molecule has 1 aliphatic carbocycles. The first kappa shape index (κ1) is 11.5. The number of likely N-dealkylation sites (tertiary alicyclic amines) is 1. The molecule has 0 aromatic carbocycles. The van der Waals surface area contributed by atoms with Crippen molar-refractivity contribution in [2.24, 2.45) is 5.92 Å². The topological polar surface area (TPSA) is 38.8 Å². The first-order valence-electron chi connectivity index (χ1n) is 6.85. The van der Waals surface area contributed by atoms with Crippen LogP contribution >= 0.6 is 0 Å². The molecular formula is C13H21NO3. The molecule has 0 N–H and O–H groups in total. The number of rotatable bonds is 4. The fourth-order valence-corrected chi connectivity index (χ4v) is 2.60. The van der Waals surface area contributed by atoms with Crippen molar-refractivity contribution in [3.05, 3.63) is 0 Å². The molecule has 0 radical (unpaired) electrons. The summed E-state index contributed by atoms with van der Waals surface area (Å²) in [6.45, 7) is 3.25. The molecule has 4 nitrogen and oxygen atoms in total. The monoisotopic (exact) mass is 239 g/mol. The largest absolute Gasteiger partial charge is 0.376 e. The maximum absolute atomic E-state index is 12.1. The average molecular weight is 239 g/mol. The van der Waals surface area contributed by atoms with Crippen molar-refractivity contribution in [1.29, 1.82) is 0 Å². The second kappa shape index (κ2) is 4.94. The smallest absolute Gasteiger partial charge is 0.251 e. The van der Waals surface area contributed by atoms with Gasteiger partial charge in [0.2, 0.25) is 0 Å². The Balaban J connectivity index is 1.43. The summed E-state index contributed by atoms with van der Waals surface area (Å²) in [5, 5.41) is 0. The highest BCUT2D eigenvalue weighted by atomic mass is 16.5. The van der Waals surface area contributed by atoms with Crippen molar-refractivity contribution < 1.29 is 14.3 Å². The number of amides is 1. The molecule has 0 bridgehead atoms. The van der Waals surface area contributed by atoms with E-state index in [9.17, 15) is 4.79 Å². The molecular weight excluding hydrogens is 218 g/mol. The third-order valence-corrected chi connectivity index (χ3v) is 3.93. The van der Waals surface area contributed by atoms with Gasteiger partial charge in [0, 0.05) is 26.3 Å². The zero-order valence-corrected chi connectivity index (χ0v) is 10.3. The first-order valence-corrected chi connectivity index (χ1v) is 6.85. The standard InChI is InChI=1S/C13H21NO3/c15-13(12-2-1-7-16-12)14-6-5-11(8-14)17-9-10-3-4-10/h10-12H,1-9H2/t11-,12+/m0/s1. The van der Waals surface area contributed by atoms with E-state index in [-0.39, 0.29) is 18.1 Å². The van der Waals surface area contributed by atoms with Crippen LogP contribution in [0.5, 0.6) is 0 Å². The molecule has 0 spiro atoms. The van der Waals surface area contributed by atoms with Gasteiger partial charge in [0.25, 0.3) is 5.91 Å². The van der Waals surface area contributed by atoms with Crippen LogP contribution in [0.2, 0.25) is 0 Å². The molecule has 3 rings (SSSR count). The summed E-state index contributed by atoms with van der Waals surface area (Å²) >= 11 is 0. The summed E-state index contributed by atoms with van der Waals surface area (Å²) in [6, 6.07) is 0. The second-order valence-electron chi connectivity index (χ2n) is 5.47. The Morgan fingerprint density at radius 3 is 2.88 bits per heavy atom. The number of hydrogen-bond acceptors (Lipinski definition) is 3. The van der Waals surface area contributed by atoms with E-state index in [0.717, 1.165) is 51.5 Å². The van der Waals surface area contributed by atoms with Crippen LogP contribution in [0.25, 0.3) is 0 Å². The lowest BCUT2D eigenvalue weighted by Gasteiger charge is -2.20. The Kier molecular flexibility index (Phi) is 3.34. The Hall–Kier alpha value is -0.610. The molecule has 3 aliphatic rings. The molecule has 2 atom stereocenters. The maximum Gasteiger partial charge on any atom is 0.251 e. The van der Waals surface area contributed by atoms with Gasteiger partial charge in [-0.25, -0.2) is 0 Å². The highest BCUT2D eigenvalue weighted by molar-refractivity contribution is 5.81. The highest BCUT2D eigenvalue weighted by Gasteiger charge is 2.34. The molecule has 1 amide bonds. The molecule has 96 valence electrons. The molecule has 0 unspecified atom stereocenters. The van der Waals surface area contributed by atoms with E-state index in [1.807, 2.05) is 4.90 Å². The molecule has 2 saturated heterocycles. The Morgan fingerprint density at radius 1 is 1.29 bits per heavy atom. The predicted octanol–water partition coefficient (Wildman–Crippen LogP) is 1.19. The van der Waals surface area contributed by atoms with Gasteiger partial charge in [0.05, 0.1) is 6.10 Å². The minimum absolute atomic E-state index is 0.169. The van der Waals surface area contributed by atoms with Crippen molar-refractivity contribution in [1.82, 2.24) is 4.90 Å². The molecule has 2 aliphatic heterocycles. The predicted molar refractivity (Wildman–Crippen MR) is 62.6 cm³/mol. The number of carbonyl (C=O) groups is 1. The third-order valence-electron chi connectivity index (χ3n) is 3.93. The van der Waals surface area contributed by atoms with Crippen LogP contribution in [0, 0.1) is 5.92 Å². The van der Waals surface area contributed by atoms with Gasteiger partial charge in [-0.15, -0.1) is 0 Å². The third kappa shape index (κ3) is 2.80. The van der Waals surface area contributed by atoms with E-state index in [4.69, 9.17) is 9.47 Å². The summed E-state index contributed by atoms with van der Waals surface area (Å²) in [5.74, 6) is 0.984. The van der Waals surface area contributed by atoms with Gasteiger partial charge in [0.1, 0.15) is 6.10 Å². The van der Waals surface area contributed by atoms with Crippen LogP contribution in [0.4, 0.5) is 0 Å². The molecule has 0 aromatic rings. The van der Waals surface area contributed by atoms with E-state index in [0.29, 0.717) is 0 Å². The van der Waals surface area contributed by atoms with E-state index in [2.05, 4.69) is 0 Å². The van der Waals surface area contributed by atoms with Crippen molar-refractivity contribution in [2.45, 2.75) is 44.3 Å². The summed E-state index contributed by atoms with van der Waals surface area (Å²) in [4.78, 5) is 14.0. The van der Waals surface area contributed by atoms with Crippen LogP contribution in [0.1, 0.15) is 32.1 Å². The Morgan fingerprint density at radius 2 is 2.18 bits per heavy atom. The normalized spacial score (nSPS) is 33.3. The zero-order valence-electron chi connectivity index (χ0n) is 10.3. The van der Waals surface area contributed by atoms with Gasteiger partial charge in [-0.3, -0.25) is 4.79 Å². The molecule has 17 heavy (non-hydrogen) atoms. The number of ether oxygens (including phenoxy) is 2. The van der Waals surface area contributed by atoms with Crippen LogP contribution in [-0.4, -0.2) is 49.3 Å². The van der Waals surface area contributed by atoms with E-state index in [1.165, 1.54) is 12.8 Å². The molecule has 0 aromatic heterocycles. The van der Waals surface area contributed by atoms with Gasteiger partial charge in [-0.1, -0.05) is 0 Å². The minimum atomic E-state index is -0.169. The van der Waals surface area contributed by atoms with E-state index >= 15 is 0 Å². The van der Waals surface area contributed by atoms with Crippen molar-refractivity contribution >= 4 is 5.91 Å². The minimum Gasteiger partial charge on any atom is -0.376 e. The lowest BCUT2D eigenvalue weighted by atomic mass is 10.2. The van der Waals surface area contributed by atoms with E-state index in [1.54, 1.807) is 0 Å². The SMILES string of the molecule is O=C([C@H]1CCCO1)N1CC[C@H](OCC2CC2)C1.